The van der Waals surface area contributed by atoms with Crippen LogP contribution in [0.4, 0.5) is 4.39 Å². The van der Waals surface area contributed by atoms with Crippen LogP contribution in [0.1, 0.15) is 11.4 Å². The summed E-state index contributed by atoms with van der Waals surface area (Å²) in [5, 5.41) is 0. The number of nitrogens with zero attached hydrogens (tertiary/aromatic N) is 2. The lowest BCUT2D eigenvalue weighted by molar-refractivity contribution is 0.415. The number of benzene rings is 2. The third kappa shape index (κ3) is 2.36. The smallest absolute Gasteiger partial charge is 0.129 e. The lowest BCUT2D eigenvalue weighted by Gasteiger charge is -2.09. The van der Waals surface area contributed by atoms with E-state index in [-0.39, 0.29) is 11.7 Å². The van der Waals surface area contributed by atoms with Gasteiger partial charge in [-0.2, -0.15) is 0 Å². The van der Waals surface area contributed by atoms with Crippen LogP contribution in [0.3, 0.4) is 0 Å². The minimum atomic E-state index is -0.225. The number of aryl methyl sites for hydroxylation is 1. The molecule has 0 fully saturated rings. The van der Waals surface area contributed by atoms with Crippen LogP contribution in [-0.4, -0.2) is 16.7 Å². The Balaban J connectivity index is 2.26. The van der Waals surface area contributed by atoms with Crippen LogP contribution in [-0.2, 0) is 5.88 Å². The number of halogens is 2. The predicted octanol–water partition coefficient (Wildman–Crippen LogP) is 4.22. The summed E-state index contributed by atoms with van der Waals surface area (Å²) in [5.41, 5.74) is 3.14. The monoisotopic (exact) mass is 304 g/mol. The third-order valence-corrected chi connectivity index (χ3v) is 3.69. The Morgan fingerprint density at radius 3 is 2.71 bits per heavy atom. The lowest BCUT2D eigenvalue weighted by atomic mass is 10.2. The second-order valence-corrected chi connectivity index (χ2v) is 5.05. The quantitative estimate of drug-likeness (QED) is 0.677. The first-order valence-electron chi connectivity index (χ1n) is 6.52. The number of rotatable bonds is 3. The molecule has 1 heterocycles. The zero-order valence-electron chi connectivity index (χ0n) is 11.7. The third-order valence-electron chi connectivity index (χ3n) is 3.45. The van der Waals surface area contributed by atoms with Crippen LogP contribution in [0, 0.1) is 12.7 Å². The van der Waals surface area contributed by atoms with Crippen molar-refractivity contribution < 1.29 is 9.13 Å². The molecule has 5 heteroatoms. The summed E-state index contributed by atoms with van der Waals surface area (Å²) in [7, 11) is 1.62. The average Bonchev–Trinajstić information content (AvgIpc) is 2.87. The van der Waals surface area contributed by atoms with Gasteiger partial charge in [0.15, 0.2) is 0 Å². The summed E-state index contributed by atoms with van der Waals surface area (Å²) in [4.78, 5) is 4.53. The molecular weight excluding hydrogens is 291 g/mol. The van der Waals surface area contributed by atoms with Gasteiger partial charge in [0.05, 0.1) is 24.0 Å². The highest BCUT2D eigenvalue weighted by Gasteiger charge is 2.13. The van der Waals surface area contributed by atoms with E-state index in [0.29, 0.717) is 11.4 Å². The van der Waals surface area contributed by atoms with Crippen LogP contribution in [0.25, 0.3) is 16.7 Å². The van der Waals surface area contributed by atoms with E-state index >= 15 is 0 Å². The molecule has 0 aliphatic heterocycles. The molecule has 0 amide bonds. The molecule has 108 valence electrons. The summed E-state index contributed by atoms with van der Waals surface area (Å²) in [6.07, 6.45) is 0. The first-order chi connectivity index (χ1) is 10.1. The number of imidazole rings is 1. The van der Waals surface area contributed by atoms with Gasteiger partial charge >= 0.3 is 0 Å². The van der Waals surface area contributed by atoms with Crippen molar-refractivity contribution >= 4 is 22.6 Å². The molecule has 0 aliphatic rings. The van der Waals surface area contributed by atoms with Crippen molar-refractivity contribution in [1.82, 2.24) is 9.55 Å². The number of fused-ring (bicyclic) bond motifs is 1. The van der Waals surface area contributed by atoms with Crippen molar-refractivity contribution in [3.8, 4) is 11.4 Å². The van der Waals surface area contributed by atoms with Gasteiger partial charge in [0.1, 0.15) is 17.4 Å². The minimum absolute atomic E-state index is 0.225. The summed E-state index contributed by atoms with van der Waals surface area (Å²) < 4.78 is 20.6. The van der Waals surface area contributed by atoms with Crippen molar-refractivity contribution in [1.29, 1.82) is 0 Å². The number of aromatic nitrogens is 2. The van der Waals surface area contributed by atoms with Gasteiger partial charge in [0.2, 0.25) is 0 Å². The van der Waals surface area contributed by atoms with E-state index in [4.69, 9.17) is 16.3 Å². The van der Waals surface area contributed by atoms with Crippen molar-refractivity contribution in [2.75, 3.05) is 7.11 Å². The van der Waals surface area contributed by atoms with Gasteiger partial charge in [-0.15, -0.1) is 11.6 Å². The molecule has 3 nitrogen and oxygen atoms in total. The minimum Gasteiger partial charge on any atom is -0.497 e. The van der Waals surface area contributed by atoms with Crippen molar-refractivity contribution in [3.05, 3.63) is 53.6 Å². The zero-order chi connectivity index (χ0) is 15.0. The van der Waals surface area contributed by atoms with E-state index in [0.717, 1.165) is 22.5 Å². The first kappa shape index (κ1) is 13.9. The molecule has 0 spiro atoms. The molecule has 0 unspecified atom stereocenters. The summed E-state index contributed by atoms with van der Waals surface area (Å²) in [6.45, 7) is 1.74. The Hall–Kier alpha value is -2.07. The number of alkyl halides is 1. The van der Waals surface area contributed by atoms with Crippen LogP contribution in [0.5, 0.6) is 5.75 Å². The zero-order valence-corrected chi connectivity index (χ0v) is 12.5. The fourth-order valence-corrected chi connectivity index (χ4v) is 2.56. The van der Waals surface area contributed by atoms with Crippen molar-refractivity contribution in [2.45, 2.75) is 12.8 Å². The maximum absolute atomic E-state index is 13.5. The molecule has 0 aliphatic carbocycles. The van der Waals surface area contributed by atoms with E-state index in [1.54, 1.807) is 26.2 Å². The van der Waals surface area contributed by atoms with Gasteiger partial charge in [0.25, 0.3) is 0 Å². The first-order valence-corrected chi connectivity index (χ1v) is 7.05. The average molecular weight is 305 g/mol. The van der Waals surface area contributed by atoms with Gasteiger partial charge in [-0.05, 0) is 42.8 Å². The fourth-order valence-electron chi connectivity index (χ4n) is 2.38. The van der Waals surface area contributed by atoms with E-state index in [9.17, 15) is 4.39 Å². The molecule has 0 saturated heterocycles. The fraction of sp³-hybridized carbons (Fsp3) is 0.188. The molecule has 0 bridgehead atoms. The van der Waals surface area contributed by atoms with E-state index in [1.807, 2.05) is 22.8 Å². The number of hydrogen-bond acceptors (Lipinski definition) is 2. The number of hydrogen-bond donors (Lipinski definition) is 0. The Bertz CT molecular complexity index is 813. The SMILES string of the molecule is COc1ccc2c(c1)nc(CCl)n2-c1ccc(F)c(C)c1. The number of ether oxygens (including phenoxy) is 1. The van der Waals surface area contributed by atoms with Gasteiger partial charge in [-0.3, -0.25) is 4.57 Å². The standard InChI is InChI=1S/C16H14ClFN2O/c1-10-7-11(3-5-13(10)18)20-15-6-4-12(21-2)8-14(15)19-16(20)9-17/h3-8H,9H2,1-2H3. The molecule has 0 N–H and O–H groups in total. The molecule has 3 aromatic rings. The molecule has 2 aromatic carbocycles. The highest BCUT2D eigenvalue weighted by atomic mass is 35.5. The molecule has 3 rings (SSSR count). The van der Waals surface area contributed by atoms with Gasteiger partial charge in [0, 0.05) is 11.8 Å². The Kier molecular flexibility index (Phi) is 3.55. The van der Waals surface area contributed by atoms with Crippen LogP contribution in [0.15, 0.2) is 36.4 Å². The Labute approximate surface area is 126 Å². The van der Waals surface area contributed by atoms with Crippen molar-refractivity contribution in [3.63, 3.8) is 0 Å². The van der Waals surface area contributed by atoms with E-state index in [1.165, 1.54) is 6.07 Å². The molecule has 1 aromatic heterocycles. The summed E-state index contributed by atoms with van der Waals surface area (Å²) in [6, 6.07) is 10.6. The van der Waals surface area contributed by atoms with E-state index in [2.05, 4.69) is 4.98 Å². The second kappa shape index (κ2) is 5.37. The molecule has 0 radical (unpaired) electrons. The highest BCUT2D eigenvalue weighted by molar-refractivity contribution is 6.17. The van der Waals surface area contributed by atoms with E-state index < -0.39 is 0 Å². The molecule has 0 saturated carbocycles. The second-order valence-electron chi connectivity index (χ2n) is 4.79. The summed E-state index contributed by atoms with van der Waals surface area (Å²) >= 11 is 6.01. The molecule has 0 atom stereocenters. The highest BCUT2D eigenvalue weighted by Crippen LogP contribution is 2.26. The Morgan fingerprint density at radius 2 is 2.05 bits per heavy atom. The Morgan fingerprint density at radius 1 is 1.24 bits per heavy atom. The lowest BCUT2D eigenvalue weighted by Crippen LogP contribution is -2.00. The van der Waals surface area contributed by atoms with Crippen LogP contribution in [0.2, 0.25) is 0 Å². The van der Waals surface area contributed by atoms with Gasteiger partial charge in [-0.1, -0.05) is 0 Å². The number of methoxy groups -OCH3 is 1. The maximum atomic E-state index is 13.5. The predicted molar refractivity (Wildman–Crippen MR) is 81.9 cm³/mol. The topological polar surface area (TPSA) is 27.1 Å². The van der Waals surface area contributed by atoms with Gasteiger partial charge in [-0.25, -0.2) is 9.37 Å². The van der Waals surface area contributed by atoms with Crippen molar-refractivity contribution in [2.24, 2.45) is 0 Å². The van der Waals surface area contributed by atoms with Gasteiger partial charge < -0.3 is 4.74 Å². The molecule has 21 heavy (non-hydrogen) atoms. The van der Waals surface area contributed by atoms with Crippen LogP contribution >= 0.6 is 11.6 Å². The summed E-state index contributed by atoms with van der Waals surface area (Å²) in [5.74, 6) is 1.50. The van der Waals surface area contributed by atoms with Crippen LogP contribution < -0.4 is 4.74 Å². The largest absolute Gasteiger partial charge is 0.497 e. The maximum Gasteiger partial charge on any atom is 0.129 e. The normalized spacial score (nSPS) is 11.0. The molecular formula is C16H14ClFN2O.